The number of amides is 2. The van der Waals surface area contributed by atoms with Crippen LogP contribution in [0.5, 0.6) is 0 Å². The summed E-state index contributed by atoms with van der Waals surface area (Å²) in [5.41, 5.74) is 0. The van der Waals surface area contributed by atoms with E-state index in [4.69, 9.17) is 0 Å². The number of hydrogen-bond acceptors (Lipinski definition) is 3. The molecule has 1 unspecified atom stereocenters. The standard InChI is InChI=1S/C15H26N2O2S/c1-15(2,20-3)10-17-9-12(18)16-13(14(17)19)11-7-5-4-6-8-11/h11,13H,4-10H2,1-3H3,(H,16,18). The molecule has 5 heteroatoms. The van der Waals surface area contributed by atoms with E-state index >= 15 is 0 Å². The van der Waals surface area contributed by atoms with Gasteiger partial charge in [0.2, 0.25) is 11.8 Å². The van der Waals surface area contributed by atoms with Gasteiger partial charge in [0.1, 0.15) is 6.04 Å². The molecule has 1 aliphatic heterocycles. The maximum absolute atomic E-state index is 12.7. The van der Waals surface area contributed by atoms with Crippen molar-refractivity contribution in [1.82, 2.24) is 10.2 Å². The van der Waals surface area contributed by atoms with Gasteiger partial charge in [0, 0.05) is 11.3 Å². The van der Waals surface area contributed by atoms with Crippen LogP contribution in [0.3, 0.4) is 0 Å². The molecule has 1 saturated carbocycles. The molecule has 1 aliphatic carbocycles. The minimum atomic E-state index is -0.283. The second kappa shape index (κ2) is 6.37. The number of hydrogen-bond donors (Lipinski definition) is 1. The molecule has 0 radical (unpaired) electrons. The summed E-state index contributed by atoms with van der Waals surface area (Å²) in [6, 6.07) is -0.283. The molecule has 0 bridgehead atoms. The Kier molecular flexibility index (Phi) is 4.99. The average Bonchev–Trinajstić information content (AvgIpc) is 2.43. The van der Waals surface area contributed by atoms with Gasteiger partial charge in [-0.3, -0.25) is 9.59 Å². The molecule has 114 valence electrons. The molecule has 0 spiro atoms. The van der Waals surface area contributed by atoms with Crippen LogP contribution in [-0.2, 0) is 9.59 Å². The van der Waals surface area contributed by atoms with E-state index in [0.717, 1.165) is 12.8 Å². The van der Waals surface area contributed by atoms with Gasteiger partial charge in [-0.25, -0.2) is 0 Å². The molecule has 2 rings (SSSR count). The number of nitrogens with zero attached hydrogens (tertiary/aromatic N) is 1. The van der Waals surface area contributed by atoms with E-state index in [0.29, 0.717) is 12.5 Å². The van der Waals surface area contributed by atoms with Gasteiger partial charge in [-0.1, -0.05) is 19.3 Å². The first-order valence-corrected chi connectivity index (χ1v) is 8.79. The smallest absolute Gasteiger partial charge is 0.245 e. The summed E-state index contributed by atoms with van der Waals surface area (Å²) in [6.45, 7) is 5.09. The highest BCUT2D eigenvalue weighted by molar-refractivity contribution is 7.99. The lowest BCUT2D eigenvalue weighted by molar-refractivity contribution is -0.146. The van der Waals surface area contributed by atoms with E-state index in [1.165, 1.54) is 19.3 Å². The second-order valence-electron chi connectivity index (χ2n) is 6.60. The molecule has 1 heterocycles. The lowest BCUT2D eigenvalue weighted by atomic mass is 9.82. The maximum atomic E-state index is 12.7. The van der Waals surface area contributed by atoms with Crippen molar-refractivity contribution in [1.29, 1.82) is 0 Å². The molecule has 2 fully saturated rings. The van der Waals surface area contributed by atoms with Crippen LogP contribution in [0.15, 0.2) is 0 Å². The number of thioether (sulfide) groups is 1. The molecule has 0 aromatic carbocycles. The van der Waals surface area contributed by atoms with Crippen molar-refractivity contribution in [3.8, 4) is 0 Å². The number of carbonyl (C=O) groups excluding carboxylic acids is 2. The minimum absolute atomic E-state index is 0.00271. The van der Waals surface area contributed by atoms with Crippen LogP contribution >= 0.6 is 11.8 Å². The quantitative estimate of drug-likeness (QED) is 0.864. The van der Waals surface area contributed by atoms with Crippen LogP contribution in [0, 0.1) is 5.92 Å². The van der Waals surface area contributed by atoms with Gasteiger partial charge in [-0.05, 0) is 38.9 Å². The van der Waals surface area contributed by atoms with Crippen LogP contribution < -0.4 is 5.32 Å². The largest absolute Gasteiger partial charge is 0.342 e. The van der Waals surface area contributed by atoms with Crippen molar-refractivity contribution in [2.24, 2.45) is 5.92 Å². The van der Waals surface area contributed by atoms with E-state index in [1.54, 1.807) is 16.7 Å². The van der Waals surface area contributed by atoms with E-state index in [-0.39, 0.29) is 29.1 Å². The molecule has 2 amide bonds. The average molecular weight is 298 g/mol. The monoisotopic (exact) mass is 298 g/mol. The van der Waals surface area contributed by atoms with Gasteiger partial charge < -0.3 is 10.2 Å². The molecule has 0 aromatic heterocycles. The molecule has 1 saturated heterocycles. The zero-order valence-electron chi connectivity index (χ0n) is 12.8. The van der Waals surface area contributed by atoms with Crippen molar-refractivity contribution in [2.45, 2.75) is 56.7 Å². The maximum Gasteiger partial charge on any atom is 0.245 e. The first kappa shape index (κ1) is 15.7. The topological polar surface area (TPSA) is 49.4 Å². The number of nitrogens with one attached hydrogen (secondary N) is 1. The first-order valence-electron chi connectivity index (χ1n) is 7.56. The third kappa shape index (κ3) is 3.68. The summed E-state index contributed by atoms with van der Waals surface area (Å²) in [5, 5.41) is 2.93. The van der Waals surface area contributed by atoms with E-state index in [2.05, 4.69) is 19.2 Å². The molecule has 20 heavy (non-hydrogen) atoms. The number of carbonyl (C=O) groups is 2. The Morgan fingerprint density at radius 2 is 1.90 bits per heavy atom. The summed E-state index contributed by atoms with van der Waals surface area (Å²) >= 11 is 1.74. The fourth-order valence-electron chi connectivity index (χ4n) is 3.17. The number of piperazine rings is 1. The summed E-state index contributed by atoms with van der Waals surface area (Å²) in [4.78, 5) is 26.4. The molecule has 0 aromatic rings. The highest BCUT2D eigenvalue weighted by atomic mass is 32.2. The Labute approximate surface area is 126 Å². The third-order valence-corrected chi connectivity index (χ3v) is 5.71. The Morgan fingerprint density at radius 3 is 2.50 bits per heavy atom. The van der Waals surface area contributed by atoms with Gasteiger partial charge >= 0.3 is 0 Å². The second-order valence-corrected chi connectivity index (χ2v) is 8.11. The Morgan fingerprint density at radius 1 is 1.25 bits per heavy atom. The summed E-state index contributed by atoms with van der Waals surface area (Å²) in [6.07, 6.45) is 7.80. The molecule has 2 aliphatic rings. The fourth-order valence-corrected chi connectivity index (χ4v) is 3.46. The van der Waals surface area contributed by atoms with Gasteiger partial charge in [0.15, 0.2) is 0 Å². The SMILES string of the molecule is CSC(C)(C)CN1CC(=O)NC(C2CCCCC2)C1=O. The van der Waals surface area contributed by atoms with Crippen LogP contribution in [0.4, 0.5) is 0 Å². The lowest BCUT2D eigenvalue weighted by Crippen LogP contribution is -2.62. The highest BCUT2D eigenvalue weighted by Crippen LogP contribution is 2.29. The van der Waals surface area contributed by atoms with Gasteiger partial charge in [0.25, 0.3) is 0 Å². The first-order chi connectivity index (χ1) is 9.43. The predicted octanol–water partition coefficient (Wildman–Crippen LogP) is 2.04. The van der Waals surface area contributed by atoms with Crippen molar-refractivity contribution in [3.63, 3.8) is 0 Å². The molecular weight excluding hydrogens is 272 g/mol. The Balaban J connectivity index is 2.06. The van der Waals surface area contributed by atoms with E-state index < -0.39 is 0 Å². The highest BCUT2D eigenvalue weighted by Gasteiger charge is 2.39. The van der Waals surface area contributed by atoms with Gasteiger partial charge in [-0.2, -0.15) is 11.8 Å². The molecule has 1 N–H and O–H groups in total. The number of rotatable bonds is 4. The molecular formula is C15H26N2O2S. The van der Waals surface area contributed by atoms with E-state index in [9.17, 15) is 9.59 Å². The van der Waals surface area contributed by atoms with Crippen molar-refractivity contribution >= 4 is 23.6 Å². The fraction of sp³-hybridized carbons (Fsp3) is 0.867. The van der Waals surface area contributed by atoms with E-state index in [1.807, 2.05) is 6.26 Å². The van der Waals surface area contributed by atoms with Crippen molar-refractivity contribution < 1.29 is 9.59 Å². The Hall–Kier alpha value is -0.710. The van der Waals surface area contributed by atoms with Crippen LogP contribution in [0.25, 0.3) is 0 Å². The predicted molar refractivity (Wildman–Crippen MR) is 82.7 cm³/mol. The summed E-state index contributed by atoms with van der Waals surface area (Å²) in [7, 11) is 0. The van der Waals surface area contributed by atoms with Crippen LogP contribution in [-0.4, -0.2) is 46.8 Å². The molecule has 4 nitrogen and oxygen atoms in total. The molecule has 1 atom stereocenters. The summed E-state index contributed by atoms with van der Waals surface area (Å²) < 4.78 is -0.00953. The zero-order valence-corrected chi connectivity index (χ0v) is 13.6. The zero-order chi connectivity index (χ0) is 14.8. The Bertz CT molecular complexity index is 378. The lowest BCUT2D eigenvalue weighted by Gasteiger charge is -2.40. The van der Waals surface area contributed by atoms with Crippen molar-refractivity contribution in [2.75, 3.05) is 19.3 Å². The normalized spacial score (nSPS) is 25.8. The van der Waals surface area contributed by atoms with Crippen molar-refractivity contribution in [3.05, 3.63) is 0 Å². The minimum Gasteiger partial charge on any atom is -0.342 e. The van der Waals surface area contributed by atoms with Gasteiger partial charge in [-0.15, -0.1) is 0 Å². The third-order valence-electron chi connectivity index (χ3n) is 4.47. The summed E-state index contributed by atoms with van der Waals surface area (Å²) in [5.74, 6) is 0.455. The van der Waals surface area contributed by atoms with Crippen LogP contribution in [0.1, 0.15) is 46.0 Å². The van der Waals surface area contributed by atoms with Crippen LogP contribution in [0.2, 0.25) is 0 Å². The van der Waals surface area contributed by atoms with Gasteiger partial charge in [0.05, 0.1) is 6.54 Å².